The Balaban J connectivity index is 2.27. The molecule has 1 fully saturated rings. The molecule has 5 heteroatoms. The van der Waals surface area contributed by atoms with E-state index < -0.39 is 0 Å². The van der Waals surface area contributed by atoms with Gasteiger partial charge in [0.15, 0.2) is 0 Å². The zero-order valence-electron chi connectivity index (χ0n) is 9.77. The van der Waals surface area contributed by atoms with Crippen molar-refractivity contribution in [2.75, 3.05) is 18.1 Å². The maximum Gasteiger partial charge on any atom is 0.224 e. The third-order valence-electron chi connectivity index (χ3n) is 2.72. The highest BCUT2D eigenvalue weighted by molar-refractivity contribution is 6.28. The van der Waals surface area contributed by atoms with Crippen LogP contribution in [-0.4, -0.2) is 35.3 Å². The van der Waals surface area contributed by atoms with E-state index in [0.29, 0.717) is 11.3 Å². The van der Waals surface area contributed by atoms with Crippen molar-refractivity contribution in [3.05, 3.63) is 17.0 Å². The fraction of sp³-hybridized carbons (Fsp3) is 0.636. The minimum Gasteiger partial charge on any atom is -0.375 e. The fourth-order valence-electron chi connectivity index (χ4n) is 1.89. The molecule has 0 amide bonds. The smallest absolute Gasteiger partial charge is 0.224 e. The normalized spacial score (nSPS) is 25.9. The Morgan fingerprint density at radius 3 is 2.88 bits per heavy atom. The van der Waals surface area contributed by atoms with Crippen LogP contribution in [0.5, 0.6) is 0 Å². The maximum atomic E-state index is 5.87. The summed E-state index contributed by atoms with van der Waals surface area (Å²) in [6.07, 6.45) is 0.227. The summed E-state index contributed by atoms with van der Waals surface area (Å²) in [7, 11) is 0. The summed E-state index contributed by atoms with van der Waals surface area (Å²) in [5, 5.41) is 0.307. The summed E-state index contributed by atoms with van der Waals surface area (Å²) in [6, 6.07) is 2.28. The van der Waals surface area contributed by atoms with Crippen molar-refractivity contribution in [2.24, 2.45) is 0 Å². The Kier molecular flexibility index (Phi) is 3.30. The van der Waals surface area contributed by atoms with E-state index in [0.717, 1.165) is 24.7 Å². The van der Waals surface area contributed by atoms with Crippen molar-refractivity contribution in [2.45, 2.75) is 32.9 Å². The summed E-state index contributed by atoms with van der Waals surface area (Å²) >= 11 is 5.87. The monoisotopic (exact) mass is 241 g/mol. The molecule has 1 saturated heterocycles. The highest BCUT2D eigenvalue weighted by atomic mass is 35.5. The van der Waals surface area contributed by atoms with Crippen molar-refractivity contribution in [1.29, 1.82) is 0 Å². The van der Waals surface area contributed by atoms with E-state index in [2.05, 4.69) is 28.7 Å². The van der Waals surface area contributed by atoms with Crippen LogP contribution in [0.2, 0.25) is 5.28 Å². The van der Waals surface area contributed by atoms with Crippen LogP contribution in [0.25, 0.3) is 0 Å². The van der Waals surface area contributed by atoms with Gasteiger partial charge in [-0.2, -0.15) is 0 Å². The highest BCUT2D eigenvalue weighted by Crippen LogP contribution is 2.21. The first-order chi connectivity index (χ1) is 7.56. The molecular weight excluding hydrogens is 226 g/mol. The molecule has 1 aromatic rings. The van der Waals surface area contributed by atoms with Crippen molar-refractivity contribution in [3.8, 4) is 0 Å². The van der Waals surface area contributed by atoms with Crippen molar-refractivity contribution >= 4 is 17.4 Å². The first kappa shape index (κ1) is 11.6. The molecule has 2 rings (SSSR count). The molecule has 0 aromatic carbocycles. The Labute approximate surface area is 101 Å². The molecule has 0 radical (unpaired) electrons. The largest absolute Gasteiger partial charge is 0.375 e. The molecule has 88 valence electrons. The molecule has 1 aromatic heterocycles. The van der Waals surface area contributed by atoms with Crippen LogP contribution < -0.4 is 4.90 Å². The predicted molar refractivity (Wildman–Crippen MR) is 64.0 cm³/mol. The summed E-state index contributed by atoms with van der Waals surface area (Å²) in [6.45, 7) is 7.67. The molecule has 0 bridgehead atoms. The van der Waals surface area contributed by atoms with Crippen LogP contribution in [0.3, 0.4) is 0 Å². The Morgan fingerprint density at radius 1 is 1.44 bits per heavy atom. The van der Waals surface area contributed by atoms with Gasteiger partial charge >= 0.3 is 0 Å². The number of nitrogens with zero attached hydrogens (tertiary/aromatic N) is 3. The van der Waals surface area contributed by atoms with Crippen LogP contribution >= 0.6 is 11.6 Å². The molecule has 1 aliphatic rings. The number of anilines is 1. The van der Waals surface area contributed by atoms with Crippen molar-refractivity contribution in [1.82, 2.24) is 9.97 Å². The molecule has 16 heavy (non-hydrogen) atoms. The van der Waals surface area contributed by atoms with E-state index >= 15 is 0 Å². The molecule has 4 nitrogen and oxygen atoms in total. The SMILES string of the molecule is Cc1cc(N2CC(C)OCC2C)nc(Cl)n1. The molecule has 2 unspecified atom stereocenters. The topological polar surface area (TPSA) is 38.2 Å². The molecule has 0 N–H and O–H groups in total. The third kappa shape index (κ3) is 2.44. The average Bonchev–Trinajstić information content (AvgIpc) is 2.20. The fourth-order valence-corrected chi connectivity index (χ4v) is 2.11. The van der Waals surface area contributed by atoms with Gasteiger partial charge in [-0.05, 0) is 32.4 Å². The van der Waals surface area contributed by atoms with Gasteiger partial charge in [0.05, 0.1) is 18.8 Å². The lowest BCUT2D eigenvalue weighted by atomic mass is 10.2. The maximum absolute atomic E-state index is 5.87. The van der Waals surface area contributed by atoms with Gasteiger partial charge < -0.3 is 9.64 Å². The molecule has 0 saturated carbocycles. The number of hydrogen-bond acceptors (Lipinski definition) is 4. The lowest BCUT2D eigenvalue weighted by Gasteiger charge is -2.37. The van der Waals surface area contributed by atoms with E-state index in [9.17, 15) is 0 Å². The molecule has 0 aliphatic carbocycles. The number of aryl methyl sites for hydroxylation is 1. The molecular formula is C11H16ClN3O. The van der Waals surface area contributed by atoms with Gasteiger partial charge in [-0.1, -0.05) is 0 Å². The average molecular weight is 242 g/mol. The number of hydrogen-bond donors (Lipinski definition) is 0. The second kappa shape index (κ2) is 4.55. The van der Waals surface area contributed by atoms with Gasteiger partial charge in [-0.3, -0.25) is 0 Å². The Bertz CT molecular complexity index is 365. The molecule has 2 heterocycles. The van der Waals surface area contributed by atoms with Crippen molar-refractivity contribution in [3.63, 3.8) is 0 Å². The standard InChI is InChI=1S/C11H16ClN3O/c1-7-4-10(14-11(12)13-7)15-5-9(3)16-6-8(15)2/h4,8-9H,5-6H2,1-3H3. The zero-order chi connectivity index (χ0) is 11.7. The summed E-state index contributed by atoms with van der Waals surface area (Å²) < 4.78 is 5.58. The number of rotatable bonds is 1. The van der Waals surface area contributed by atoms with Gasteiger partial charge in [0.1, 0.15) is 5.82 Å². The van der Waals surface area contributed by atoms with Crippen LogP contribution in [0.1, 0.15) is 19.5 Å². The highest BCUT2D eigenvalue weighted by Gasteiger charge is 2.24. The van der Waals surface area contributed by atoms with Gasteiger partial charge in [0.25, 0.3) is 0 Å². The van der Waals surface area contributed by atoms with E-state index in [1.807, 2.05) is 13.0 Å². The summed E-state index contributed by atoms with van der Waals surface area (Å²) in [5.41, 5.74) is 0.890. The molecule has 2 atom stereocenters. The second-order valence-electron chi connectivity index (χ2n) is 4.28. The van der Waals surface area contributed by atoms with Crippen LogP contribution in [0.4, 0.5) is 5.82 Å². The molecule has 1 aliphatic heterocycles. The number of ether oxygens (including phenoxy) is 1. The van der Waals surface area contributed by atoms with E-state index in [4.69, 9.17) is 16.3 Å². The van der Waals surface area contributed by atoms with Gasteiger partial charge in [-0.25, -0.2) is 9.97 Å². The Morgan fingerprint density at radius 2 is 2.19 bits per heavy atom. The number of morpholine rings is 1. The third-order valence-corrected chi connectivity index (χ3v) is 2.88. The lowest BCUT2D eigenvalue weighted by molar-refractivity contribution is 0.0340. The minimum atomic E-state index is 0.227. The number of aromatic nitrogens is 2. The van der Waals surface area contributed by atoms with Gasteiger partial charge in [0, 0.05) is 18.3 Å². The lowest BCUT2D eigenvalue weighted by Crippen LogP contribution is -2.47. The van der Waals surface area contributed by atoms with Crippen LogP contribution in [-0.2, 0) is 4.74 Å². The quantitative estimate of drug-likeness (QED) is 0.706. The van der Waals surface area contributed by atoms with E-state index in [1.165, 1.54) is 0 Å². The van der Waals surface area contributed by atoms with Crippen LogP contribution in [0, 0.1) is 6.92 Å². The summed E-state index contributed by atoms with van der Waals surface area (Å²) in [4.78, 5) is 10.6. The summed E-state index contributed by atoms with van der Waals surface area (Å²) in [5.74, 6) is 0.889. The van der Waals surface area contributed by atoms with Crippen LogP contribution in [0.15, 0.2) is 6.07 Å². The first-order valence-corrected chi connectivity index (χ1v) is 5.83. The predicted octanol–water partition coefficient (Wildman–Crippen LogP) is 2.05. The first-order valence-electron chi connectivity index (χ1n) is 5.45. The Hall–Kier alpha value is -0.870. The van der Waals surface area contributed by atoms with Crippen molar-refractivity contribution < 1.29 is 4.74 Å². The van der Waals surface area contributed by atoms with Gasteiger partial charge in [0.2, 0.25) is 5.28 Å². The number of halogens is 1. The van der Waals surface area contributed by atoms with E-state index in [1.54, 1.807) is 0 Å². The zero-order valence-corrected chi connectivity index (χ0v) is 10.5. The molecule has 0 spiro atoms. The van der Waals surface area contributed by atoms with Gasteiger partial charge in [-0.15, -0.1) is 0 Å². The minimum absolute atomic E-state index is 0.227. The second-order valence-corrected chi connectivity index (χ2v) is 4.62. The van der Waals surface area contributed by atoms with E-state index in [-0.39, 0.29) is 6.10 Å².